The number of hydrogen-bond donors (Lipinski definition) is 1. The van der Waals surface area contributed by atoms with Gasteiger partial charge in [0.25, 0.3) is 0 Å². The Balaban J connectivity index is 1.59. The molecule has 1 unspecified atom stereocenters. The molecule has 1 aliphatic rings. The lowest BCUT2D eigenvalue weighted by Gasteiger charge is -2.35. The first-order chi connectivity index (χ1) is 13.6. The lowest BCUT2D eigenvalue weighted by molar-refractivity contribution is -0.00833. The Morgan fingerprint density at radius 1 is 1.14 bits per heavy atom. The van der Waals surface area contributed by atoms with E-state index in [1.54, 1.807) is 0 Å². The first kappa shape index (κ1) is 20.4. The fourth-order valence-electron chi connectivity index (χ4n) is 3.62. The number of nitrogens with zero attached hydrogens (tertiary/aromatic N) is 3. The van der Waals surface area contributed by atoms with Crippen LogP contribution in [0.25, 0.3) is 0 Å². The SMILES string of the molecule is CN=C(NCc1ccc(CN(C)C)cc1)N1CCOC(c2ccccc2C)C1. The van der Waals surface area contributed by atoms with Crippen LogP contribution in [0.3, 0.4) is 0 Å². The highest BCUT2D eigenvalue weighted by molar-refractivity contribution is 5.80. The third kappa shape index (κ3) is 5.33. The highest BCUT2D eigenvalue weighted by atomic mass is 16.5. The maximum atomic E-state index is 6.05. The molecule has 0 saturated carbocycles. The smallest absolute Gasteiger partial charge is 0.194 e. The Hall–Kier alpha value is -2.37. The minimum atomic E-state index is 0.0822. The largest absolute Gasteiger partial charge is 0.370 e. The van der Waals surface area contributed by atoms with Crippen LogP contribution in [-0.4, -0.2) is 56.6 Å². The molecule has 1 N–H and O–H groups in total. The Morgan fingerprint density at radius 3 is 2.54 bits per heavy atom. The monoisotopic (exact) mass is 380 g/mol. The molecular formula is C23H32N4O. The molecule has 0 bridgehead atoms. The van der Waals surface area contributed by atoms with E-state index in [2.05, 4.69) is 89.7 Å². The lowest BCUT2D eigenvalue weighted by atomic mass is 10.0. The second kappa shape index (κ2) is 9.71. The van der Waals surface area contributed by atoms with Crippen LogP contribution in [0.5, 0.6) is 0 Å². The van der Waals surface area contributed by atoms with Crippen molar-refractivity contribution in [3.05, 3.63) is 70.8 Å². The van der Waals surface area contributed by atoms with E-state index in [1.807, 2.05) is 7.05 Å². The molecule has 0 amide bonds. The van der Waals surface area contributed by atoms with Gasteiger partial charge in [-0.25, -0.2) is 0 Å². The van der Waals surface area contributed by atoms with Crippen molar-refractivity contribution in [1.29, 1.82) is 0 Å². The van der Waals surface area contributed by atoms with Gasteiger partial charge in [-0.15, -0.1) is 0 Å². The molecule has 1 fully saturated rings. The van der Waals surface area contributed by atoms with Gasteiger partial charge in [0.05, 0.1) is 13.2 Å². The zero-order valence-corrected chi connectivity index (χ0v) is 17.5. The molecule has 1 aliphatic heterocycles. The van der Waals surface area contributed by atoms with Gasteiger partial charge in [-0.3, -0.25) is 4.99 Å². The van der Waals surface area contributed by atoms with Crippen molar-refractivity contribution < 1.29 is 4.74 Å². The first-order valence-electron chi connectivity index (χ1n) is 9.92. The number of hydrogen-bond acceptors (Lipinski definition) is 3. The molecule has 0 spiro atoms. The van der Waals surface area contributed by atoms with Crippen LogP contribution in [-0.2, 0) is 17.8 Å². The average molecular weight is 381 g/mol. The van der Waals surface area contributed by atoms with E-state index in [0.717, 1.165) is 32.1 Å². The van der Waals surface area contributed by atoms with E-state index < -0.39 is 0 Å². The molecule has 2 aromatic carbocycles. The van der Waals surface area contributed by atoms with Crippen LogP contribution in [0.4, 0.5) is 0 Å². The van der Waals surface area contributed by atoms with Crippen molar-refractivity contribution in [2.75, 3.05) is 40.8 Å². The molecule has 0 aliphatic carbocycles. The third-order valence-corrected chi connectivity index (χ3v) is 5.09. The second-order valence-electron chi connectivity index (χ2n) is 7.62. The molecule has 1 saturated heterocycles. The van der Waals surface area contributed by atoms with E-state index in [0.29, 0.717) is 6.61 Å². The van der Waals surface area contributed by atoms with Crippen LogP contribution in [0.1, 0.15) is 28.4 Å². The minimum Gasteiger partial charge on any atom is -0.370 e. The summed E-state index contributed by atoms with van der Waals surface area (Å²) in [6.07, 6.45) is 0.0822. The van der Waals surface area contributed by atoms with Crippen LogP contribution in [0, 0.1) is 6.92 Å². The molecule has 5 nitrogen and oxygen atoms in total. The molecule has 1 heterocycles. The summed E-state index contributed by atoms with van der Waals surface area (Å²) in [5, 5.41) is 3.51. The van der Waals surface area contributed by atoms with Crippen molar-refractivity contribution in [2.24, 2.45) is 4.99 Å². The number of guanidine groups is 1. The van der Waals surface area contributed by atoms with Gasteiger partial charge < -0.3 is 19.9 Å². The molecule has 0 radical (unpaired) electrons. The summed E-state index contributed by atoms with van der Waals surface area (Å²) >= 11 is 0. The first-order valence-corrected chi connectivity index (χ1v) is 9.92. The van der Waals surface area contributed by atoms with E-state index in [1.165, 1.54) is 22.3 Å². The van der Waals surface area contributed by atoms with Crippen LogP contribution in [0.15, 0.2) is 53.5 Å². The summed E-state index contributed by atoms with van der Waals surface area (Å²) in [5.74, 6) is 0.930. The van der Waals surface area contributed by atoms with Crippen LogP contribution in [0.2, 0.25) is 0 Å². The van der Waals surface area contributed by atoms with Crippen molar-refractivity contribution >= 4 is 5.96 Å². The quantitative estimate of drug-likeness (QED) is 0.639. The maximum absolute atomic E-state index is 6.05. The van der Waals surface area contributed by atoms with E-state index in [4.69, 9.17) is 4.74 Å². The number of morpholine rings is 1. The van der Waals surface area contributed by atoms with Gasteiger partial charge in [-0.05, 0) is 43.3 Å². The third-order valence-electron chi connectivity index (χ3n) is 5.09. The summed E-state index contributed by atoms with van der Waals surface area (Å²) < 4.78 is 6.05. The van der Waals surface area contributed by atoms with Gasteiger partial charge in [0.15, 0.2) is 5.96 Å². The minimum absolute atomic E-state index is 0.0822. The van der Waals surface area contributed by atoms with Crippen molar-refractivity contribution in [3.8, 4) is 0 Å². The fourth-order valence-corrected chi connectivity index (χ4v) is 3.62. The molecule has 150 valence electrons. The van der Waals surface area contributed by atoms with Gasteiger partial charge in [0, 0.05) is 26.7 Å². The molecular weight excluding hydrogens is 348 g/mol. The molecule has 1 atom stereocenters. The lowest BCUT2D eigenvalue weighted by Crippen LogP contribution is -2.48. The summed E-state index contributed by atoms with van der Waals surface area (Å²) in [5.41, 5.74) is 5.12. The van der Waals surface area contributed by atoms with Gasteiger partial charge in [-0.2, -0.15) is 0 Å². The topological polar surface area (TPSA) is 40.1 Å². The van der Waals surface area contributed by atoms with Crippen molar-refractivity contribution in [1.82, 2.24) is 15.1 Å². The Kier molecular flexibility index (Phi) is 7.06. The molecule has 0 aromatic heterocycles. The summed E-state index contributed by atoms with van der Waals surface area (Å²) in [7, 11) is 6.03. The fraction of sp³-hybridized carbons (Fsp3) is 0.435. The Bertz CT molecular complexity index is 785. The van der Waals surface area contributed by atoms with Gasteiger partial charge in [0.2, 0.25) is 0 Å². The number of nitrogens with one attached hydrogen (secondary N) is 1. The molecule has 2 aromatic rings. The van der Waals surface area contributed by atoms with E-state index in [-0.39, 0.29) is 6.10 Å². The highest BCUT2D eigenvalue weighted by Gasteiger charge is 2.25. The Labute approximate surface area is 169 Å². The normalized spacial score (nSPS) is 17.8. The number of rotatable bonds is 5. The maximum Gasteiger partial charge on any atom is 0.194 e. The summed E-state index contributed by atoms with van der Waals surface area (Å²) in [6.45, 7) is 6.24. The van der Waals surface area contributed by atoms with Crippen molar-refractivity contribution in [2.45, 2.75) is 26.1 Å². The average Bonchev–Trinajstić information content (AvgIpc) is 2.70. The Morgan fingerprint density at radius 2 is 1.86 bits per heavy atom. The van der Waals surface area contributed by atoms with Crippen molar-refractivity contribution in [3.63, 3.8) is 0 Å². The number of benzene rings is 2. The second-order valence-corrected chi connectivity index (χ2v) is 7.62. The van der Waals surface area contributed by atoms with Gasteiger partial charge in [0.1, 0.15) is 6.10 Å². The van der Waals surface area contributed by atoms with E-state index in [9.17, 15) is 0 Å². The van der Waals surface area contributed by atoms with Gasteiger partial charge >= 0.3 is 0 Å². The molecule has 5 heteroatoms. The summed E-state index contributed by atoms with van der Waals surface area (Å²) in [6, 6.07) is 17.2. The predicted octanol–water partition coefficient (Wildman–Crippen LogP) is 3.21. The zero-order valence-electron chi connectivity index (χ0n) is 17.5. The molecule has 3 rings (SSSR count). The predicted molar refractivity (Wildman–Crippen MR) is 115 cm³/mol. The molecule has 28 heavy (non-hydrogen) atoms. The van der Waals surface area contributed by atoms with Gasteiger partial charge in [-0.1, -0.05) is 48.5 Å². The standard InChI is InChI=1S/C23H32N4O/c1-18-7-5-6-8-21(18)22-17-27(13-14-28-22)23(24-2)25-15-19-9-11-20(12-10-19)16-26(3)4/h5-12,22H,13-17H2,1-4H3,(H,24,25). The number of aryl methyl sites for hydroxylation is 1. The number of ether oxygens (including phenoxy) is 1. The highest BCUT2D eigenvalue weighted by Crippen LogP contribution is 2.25. The zero-order chi connectivity index (χ0) is 19.9. The van der Waals surface area contributed by atoms with E-state index >= 15 is 0 Å². The number of aliphatic imine (C=N–C) groups is 1. The van der Waals surface area contributed by atoms with Crippen LogP contribution >= 0.6 is 0 Å². The van der Waals surface area contributed by atoms with Crippen LogP contribution < -0.4 is 5.32 Å². The summed E-state index contributed by atoms with van der Waals surface area (Å²) in [4.78, 5) is 8.98.